The Morgan fingerprint density at radius 2 is 1.95 bits per heavy atom. The third-order valence-electron chi connectivity index (χ3n) is 2.90. The zero-order chi connectivity index (χ0) is 14.5. The normalized spacial score (nSPS) is 11.2. The molecule has 0 heterocycles. The molecular formula is C15H23NO3. The molecule has 0 spiro atoms. The number of rotatable bonds is 5. The zero-order valence-electron chi connectivity index (χ0n) is 12.4. The number of hydrogen-bond acceptors (Lipinski definition) is 3. The lowest BCUT2D eigenvalue weighted by Gasteiger charge is -2.20. The summed E-state index contributed by atoms with van der Waals surface area (Å²) in [5.41, 5.74) is 1.66. The highest BCUT2D eigenvalue weighted by molar-refractivity contribution is 5.97. The molecule has 1 aromatic rings. The summed E-state index contributed by atoms with van der Waals surface area (Å²) in [6.45, 7) is 7.31. The molecule has 0 aliphatic carbocycles. The van der Waals surface area contributed by atoms with Gasteiger partial charge in [-0.05, 0) is 23.1 Å². The summed E-state index contributed by atoms with van der Waals surface area (Å²) in [5, 5.41) is 2.81. The van der Waals surface area contributed by atoms with Gasteiger partial charge in [0.05, 0.1) is 19.3 Å². The van der Waals surface area contributed by atoms with Gasteiger partial charge in [0.15, 0.2) is 0 Å². The molecule has 0 saturated carbocycles. The fourth-order valence-corrected chi connectivity index (χ4v) is 1.71. The van der Waals surface area contributed by atoms with Crippen LogP contribution in [0.3, 0.4) is 0 Å². The molecule has 0 saturated heterocycles. The van der Waals surface area contributed by atoms with Crippen LogP contribution < -0.4 is 10.1 Å². The molecule has 1 amide bonds. The summed E-state index contributed by atoms with van der Waals surface area (Å²) in [5.74, 6) is 0.447. The van der Waals surface area contributed by atoms with E-state index in [4.69, 9.17) is 9.47 Å². The Morgan fingerprint density at radius 3 is 2.47 bits per heavy atom. The van der Waals surface area contributed by atoms with Gasteiger partial charge in [-0.2, -0.15) is 0 Å². The maximum Gasteiger partial charge on any atom is 0.255 e. The predicted octanol–water partition coefficient (Wildman–Crippen LogP) is 2.37. The lowest BCUT2D eigenvalue weighted by atomic mass is 9.86. The molecule has 1 aromatic carbocycles. The third kappa shape index (κ3) is 4.24. The second kappa shape index (κ2) is 6.57. The van der Waals surface area contributed by atoms with E-state index in [-0.39, 0.29) is 11.3 Å². The summed E-state index contributed by atoms with van der Waals surface area (Å²) in [6.07, 6.45) is 0. The van der Waals surface area contributed by atoms with Gasteiger partial charge in [0, 0.05) is 13.7 Å². The molecule has 0 atom stereocenters. The van der Waals surface area contributed by atoms with Crippen molar-refractivity contribution in [1.29, 1.82) is 0 Å². The molecular weight excluding hydrogens is 242 g/mol. The van der Waals surface area contributed by atoms with Crippen LogP contribution in [0, 0.1) is 0 Å². The van der Waals surface area contributed by atoms with Crippen LogP contribution in [0.15, 0.2) is 18.2 Å². The number of carbonyl (C=O) groups is 1. The van der Waals surface area contributed by atoms with Crippen molar-refractivity contribution in [3.63, 3.8) is 0 Å². The number of hydrogen-bond donors (Lipinski definition) is 1. The standard InChI is InChI=1S/C15H23NO3/c1-15(2,3)11-6-7-13(19-5)12(10-11)14(17)16-8-9-18-4/h6-7,10H,8-9H2,1-5H3,(H,16,17). The molecule has 106 valence electrons. The largest absolute Gasteiger partial charge is 0.496 e. The molecule has 0 aliphatic heterocycles. The van der Waals surface area contributed by atoms with Crippen molar-refractivity contribution in [2.45, 2.75) is 26.2 Å². The molecule has 1 rings (SSSR count). The smallest absolute Gasteiger partial charge is 0.255 e. The van der Waals surface area contributed by atoms with E-state index < -0.39 is 0 Å². The second-order valence-corrected chi connectivity index (χ2v) is 5.41. The van der Waals surface area contributed by atoms with Crippen molar-refractivity contribution in [2.24, 2.45) is 0 Å². The Bertz CT molecular complexity index is 436. The van der Waals surface area contributed by atoms with Crippen molar-refractivity contribution < 1.29 is 14.3 Å². The van der Waals surface area contributed by atoms with Crippen LogP contribution in [0.1, 0.15) is 36.7 Å². The van der Waals surface area contributed by atoms with Crippen molar-refractivity contribution in [3.05, 3.63) is 29.3 Å². The Labute approximate surface area is 115 Å². The maximum atomic E-state index is 12.1. The predicted molar refractivity (Wildman–Crippen MR) is 75.9 cm³/mol. The molecule has 4 nitrogen and oxygen atoms in total. The van der Waals surface area contributed by atoms with E-state index in [1.165, 1.54) is 0 Å². The number of amides is 1. The van der Waals surface area contributed by atoms with Crippen molar-refractivity contribution in [2.75, 3.05) is 27.4 Å². The second-order valence-electron chi connectivity index (χ2n) is 5.41. The van der Waals surface area contributed by atoms with Gasteiger partial charge in [0.2, 0.25) is 0 Å². The van der Waals surface area contributed by atoms with Crippen LogP contribution in [-0.2, 0) is 10.2 Å². The fraction of sp³-hybridized carbons (Fsp3) is 0.533. The van der Waals surface area contributed by atoms with Gasteiger partial charge >= 0.3 is 0 Å². The quantitative estimate of drug-likeness (QED) is 0.831. The fourth-order valence-electron chi connectivity index (χ4n) is 1.71. The molecule has 4 heteroatoms. The minimum absolute atomic E-state index is 0.00612. The van der Waals surface area contributed by atoms with Gasteiger partial charge in [0.25, 0.3) is 5.91 Å². The van der Waals surface area contributed by atoms with E-state index in [1.807, 2.05) is 18.2 Å². The van der Waals surface area contributed by atoms with E-state index in [1.54, 1.807) is 14.2 Å². The first kappa shape index (κ1) is 15.5. The summed E-state index contributed by atoms with van der Waals surface area (Å²) >= 11 is 0. The lowest BCUT2D eigenvalue weighted by molar-refractivity contribution is 0.0934. The Balaban J connectivity index is 2.99. The van der Waals surface area contributed by atoms with Crippen LogP contribution in [-0.4, -0.2) is 33.3 Å². The van der Waals surface area contributed by atoms with Gasteiger partial charge in [-0.3, -0.25) is 4.79 Å². The van der Waals surface area contributed by atoms with Crippen LogP contribution in [0.25, 0.3) is 0 Å². The van der Waals surface area contributed by atoms with Crippen molar-refractivity contribution >= 4 is 5.91 Å². The minimum Gasteiger partial charge on any atom is -0.496 e. The van der Waals surface area contributed by atoms with E-state index in [9.17, 15) is 4.79 Å². The highest BCUT2D eigenvalue weighted by atomic mass is 16.5. The molecule has 19 heavy (non-hydrogen) atoms. The highest BCUT2D eigenvalue weighted by Gasteiger charge is 2.18. The Hall–Kier alpha value is -1.55. The van der Waals surface area contributed by atoms with Crippen LogP contribution >= 0.6 is 0 Å². The Morgan fingerprint density at radius 1 is 1.26 bits per heavy atom. The number of benzene rings is 1. The lowest BCUT2D eigenvalue weighted by Crippen LogP contribution is -2.27. The van der Waals surface area contributed by atoms with Crippen LogP contribution in [0.5, 0.6) is 5.75 Å². The number of carbonyl (C=O) groups excluding carboxylic acids is 1. The van der Waals surface area contributed by atoms with Crippen LogP contribution in [0.4, 0.5) is 0 Å². The first-order chi connectivity index (χ1) is 8.90. The molecule has 0 unspecified atom stereocenters. The number of ether oxygens (including phenoxy) is 2. The first-order valence-corrected chi connectivity index (χ1v) is 6.36. The number of methoxy groups -OCH3 is 2. The molecule has 1 N–H and O–H groups in total. The van der Waals surface area contributed by atoms with E-state index in [2.05, 4.69) is 26.1 Å². The van der Waals surface area contributed by atoms with E-state index in [0.29, 0.717) is 24.5 Å². The average molecular weight is 265 g/mol. The van der Waals surface area contributed by atoms with Gasteiger partial charge in [0.1, 0.15) is 5.75 Å². The van der Waals surface area contributed by atoms with Gasteiger partial charge in [-0.1, -0.05) is 26.8 Å². The molecule has 0 aromatic heterocycles. The summed E-state index contributed by atoms with van der Waals surface area (Å²) < 4.78 is 10.2. The maximum absolute atomic E-state index is 12.1. The summed E-state index contributed by atoms with van der Waals surface area (Å²) in [7, 11) is 3.17. The van der Waals surface area contributed by atoms with Gasteiger partial charge in [-0.15, -0.1) is 0 Å². The molecule has 0 bridgehead atoms. The highest BCUT2D eigenvalue weighted by Crippen LogP contribution is 2.27. The van der Waals surface area contributed by atoms with E-state index >= 15 is 0 Å². The third-order valence-corrected chi connectivity index (χ3v) is 2.90. The SMILES string of the molecule is COCCNC(=O)c1cc(C(C)(C)C)ccc1OC. The minimum atomic E-state index is -0.139. The summed E-state index contributed by atoms with van der Waals surface area (Å²) in [4.78, 5) is 12.1. The molecule has 0 aliphatic rings. The van der Waals surface area contributed by atoms with Crippen molar-refractivity contribution in [3.8, 4) is 5.75 Å². The summed E-state index contributed by atoms with van der Waals surface area (Å²) in [6, 6.07) is 5.72. The van der Waals surface area contributed by atoms with Crippen LogP contribution in [0.2, 0.25) is 0 Å². The molecule has 0 fully saturated rings. The Kier molecular flexibility index (Phi) is 5.36. The molecule has 0 radical (unpaired) electrons. The van der Waals surface area contributed by atoms with Gasteiger partial charge in [-0.25, -0.2) is 0 Å². The number of nitrogens with one attached hydrogen (secondary N) is 1. The monoisotopic (exact) mass is 265 g/mol. The van der Waals surface area contributed by atoms with Crippen molar-refractivity contribution in [1.82, 2.24) is 5.32 Å². The van der Waals surface area contributed by atoms with E-state index in [0.717, 1.165) is 5.56 Å². The first-order valence-electron chi connectivity index (χ1n) is 6.36. The zero-order valence-corrected chi connectivity index (χ0v) is 12.4. The topological polar surface area (TPSA) is 47.6 Å². The van der Waals surface area contributed by atoms with Gasteiger partial charge < -0.3 is 14.8 Å². The average Bonchev–Trinajstić information content (AvgIpc) is 2.37.